The van der Waals surface area contributed by atoms with Crippen LogP contribution < -0.4 is 39.1 Å². The van der Waals surface area contributed by atoms with Gasteiger partial charge in [-0.2, -0.15) is 0 Å². The summed E-state index contributed by atoms with van der Waals surface area (Å²) in [4.78, 5) is 67.5. The van der Waals surface area contributed by atoms with E-state index in [0.717, 1.165) is 141 Å². The second-order valence-electron chi connectivity index (χ2n) is 25.5. The number of hydrogen-bond acceptors (Lipinski definition) is 20. The highest BCUT2D eigenvalue weighted by Crippen LogP contribution is 2.24. The molecule has 0 aliphatic rings. The Labute approximate surface area is 611 Å². The molecule has 0 radical (unpaired) electrons. The lowest BCUT2D eigenvalue weighted by molar-refractivity contribution is -0.906. The SMILES string of the molecule is CC[N+](C)(CC)CCOC.CC[N+](C)(CC)CCOC.CC[N+](C)(CC)CCOC.CC[N+](C)(CC)CCOC.CC[N+](C)(CC)CCOC.CC[N+](C)(CC)CCOC.CC[N+](C)(CC)CCOC.CC[N+](C)(CC)CCOC.O=P([O-])([O-])F.O=P([O-])([O-])F.O=P([O-])([O-])F.O=P([O-])([O-])F. The zero-order chi connectivity index (χ0) is 82.3. The van der Waals surface area contributed by atoms with Gasteiger partial charge in [-0.05, 0) is 111 Å². The molecular weight excluding hydrogens is 1400 g/mol. The van der Waals surface area contributed by atoms with Crippen molar-refractivity contribution in [2.24, 2.45) is 0 Å². The first kappa shape index (κ1) is 126. The topological polar surface area (TPSA) is 327 Å². The molecule has 0 unspecified atom stereocenters. The summed E-state index contributed by atoms with van der Waals surface area (Å²) in [5.74, 6) is 0. The molecule has 28 nitrogen and oxygen atoms in total. The molecule has 0 aliphatic carbocycles. The van der Waals surface area contributed by atoms with E-state index in [4.69, 9.17) is 95.3 Å². The predicted octanol–water partition coefficient (Wildman–Crippen LogP) is 4.09. The molecule has 0 spiro atoms. The Morgan fingerprint density at radius 3 is 0.280 bits per heavy atom. The van der Waals surface area contributed by atoms with Crippen molar-refractivity contribution in [3.05, 3.63) is 0 Å². The van der Waals surface area contributed by atoms with Crippen LogP contribution >= 0.6 is 31.6 Å². The van der Waals surface area contributed by atoms with Gasteiger partial charge in [-0.15, -0.1) is 0 Å². The highest BCUT2D eigenvalue weighted by Gasteiger charge is 2.20. The van der Waals surface area contributed by atoms with Crippen molar-refractivity contribution in [3.63, 3.8) is 0 Å². The van der Waals surface area contributed by atoms with Crippen LogP contribution in [0.25, 0.3) is 0 Å². The lowest BCUT2D eigenvalue weighted by Crippen LogP contribution is -2.45. The largest absolute Gasteiger partial charge is 0.786 e. The van der Waals surface area contributed by atoms with Crippen LogP contribution in [0, 0.1) is 0 Å². The fourth-order valence-electron chi connectivity index (χ4n) is 6.81. The van der Waals surface area contributed by atoms with E-state index in [9.17, 15) is 16.8 Å². The zero-order valence-electron chi connectivity index (χ0n) is 69.7. The van der Waals surface area contributed by atoms with Crippen LogP contribution in [0.15, 0.2) is 0 Å². The monoisotopic (exact) mass is 1560 g/mol. The number of rotatable bonds is 40. The lowest BCUT2D eigenvalue weighted by atomic mass is 10.4. The Bertz CT molecular complexity index is 1470. The first-order chi connectivity index (χ1) is 45.5. The van der Waals surface area contributed by atoms with E-state index in [0.29, 0.717) is 0 Å². The molecular formula is C64H160F4N8O20P4. The minimum Gasteiger partial charge on any atom is -0.786 e. The zero-order valence-corrected chi connectivity index (χ0v) is 73.2. The normalized spacial score (nSPS) is 12.0. The van der Waals surface area contributed by atoms with Crippen LogP contribution in [0.1, 0.15) is 111 Å². The molecule has 0 saturated carbocycles. The summed E-state index contributed by atoms with van der Waals surface area (Å²) in [5.41, 5.74) is 0. The van der Waals surface area contributed by atoms with Crippen molar-refractivity contribution in [1.29, 1.82) is 0 Å². The summed E-state index contributed by atoms with van der Waals surface area (Å²) in [6.07, 6.45) is 0. The first-order valence-corrected chi connectivity index (χ1v) is 40.7. The molecule has 0 bridgehead atoms. The van der Waals surface area contributed by atoms with Gasteiger partial charge < -0.3 is 131 Å². The van der Waals surface area contributed by atoms with Crippen molar-refractivity contribution >= 4 is 31.6 Å². The number of likely N-dealkylation sites (N-methyl/N-ethyl adjacent to an activating group) is 8. The molecule has 36 heteroatoms. The molecule has 0 aromatic rings. The van der Waals surface area contributed by atoms with Gasteiger partial charge in [0.05, 0.1) is 214 Å². The lowest BCUT2D eigenvalue weighted by Gasteiger charge is -2.31. The van der Waals surface area contributed by atoms with E-state index in [1.807, 2.05) is 0 Å². The second-order valence-corrected chi connectivity index (χ2v) is 28.9. The molecule has 0 fully saturated rings. The van der Waals surface area contributed by atoms with Crippen molar-refractivity contribution in [1.82, 2.24) is 0 Å². The Balaban J connectivity index is -0.0000000852. The maximum absolute atomic E-state index is 10.1. The highest BCUT2D eigenvalue weighted by molar-refractivity contribution is 7.43. The quantitative estimate of drug-likeness (QED) is 0.0474. The van der Waals surface area contributed by atoms with Gasteiger partial charge in [0.2, 0.25) is 0 Å². The first-order valence-electron chi connectivity index (χ1n) is 34.9. The summed E-state index contributed by atoms with van der Waals surface area (Å²) in [6, 6.07) is 0. The minimum atomic E-state index is -5.64. The number of nitrogens with zero attached hydrogens (tertiary/aromatic N) is 8. The molecule has 0 amide bonds. The van der Waals surface area contributed by atoms with Gasteiger partial charge in [0.25, 0.3) is 0 Å². The molecule has 0 heterocycles. The van der Waals surface area contributed by atoms with E-state index in [-0.39, 0.29) is 0 Å². The van der Waals surface area contributed by atoms with Crippen LogP contribution in [0.4, 0.5) is 16.8 Å². The maximum Gasteiger partial charge on any atom is 0.110 e. The van der Waals surface area contributed by atoms with Gasteiger partial charge in [0, 0.05) is 56.9 Å². The number of ether oxygens (including phenoxy) is 8. The summed E-state index contributed by atoms with van der Waals surface area (Å²) in [6.45, 7) is 70.7. The van der Waals surface area contributed by atoms with Crippen LogP contribution in [0.3, 0.4) is 0 Å². The van der Waals surface area contributed by atoms with Crippen molar-refractivity contribution < 1.29 is 148 Å². The Kier molecular flexibility index (Phi) is 95.3. The Hall–Kier alpha value is -0.320. The van der Waals surface area contributed by atoms with Crippen LogP contribution in [-0.4, -0.2) is 359 Å². The molecule has 0 atom stereocenters. The highest BCUT2D eigenvalue weighted by atomic mass is 31.2. The summed E-state index contributed by atoms with van der Waals surface area (Å²) < 4.78 is 123. The van der Waals surface area contributed by atoms with Crippen molar-refractivity contribution in [2.45, 2.75) is 111 Å². The van der Waals surface area contributed by atoms with Gasteiger partial charge in [0.1, 0.15) is 84.0 Å². The molecule has 0 N–H and O–H groups in total. The van der Waals surface area contributed by atoms with Crippen molar-refractivity contribution in [2.75, 3.05) is 323 Å². The van der Waals surface area contributed by atoms with Gasteiger partial charge >= 0.3 is 0 Å². The van der Waals surface area contributed by atoms with E-state index >= 15 is 0 Å². The number of quaternary nitrogens is 8. The van der Waals surface area contributed by atoms with E-state index < -0.39 is 31.6 Å². The fraction of sp³-hybridized carbons (Fsp3) is 1.00. The standard InChI is InChI=1S/8C8H20NO.4FH2O3P/c8*1-5-9(3,6-2)7-8-10-4;4*1-5(2,3)4/h8*5-8H2,1-4H3;4*(H2,2,3,4)/q8*+1;;;;/p-8. The Morgan fingerprint density at radius 1 is 0.200 bits per heavy atom. The predicted molar refractivity (Wildman–Crippen MR) is 387 cm³/mol. The third-order valence-corrected chi connectivity index (χ3v) is 18.9. The van der Waals surface area contributed by atoms with Crippen LogP contribution in [0.2, 0.25) is 0 Å². The van der Waals surface area contributed by atoms with E-state index in [1.54, 1.807) is 56.9 Å². The smallest absolute Gasteiger partial charge is 0.110 e. The molecule has 0 saturated heterocycles. The number of methoxy groups -OCH3 is 8. The van der Waals surface area contributed by atoms with E-state index in [1.165, 1.54) is 105 Å². The fourth-order valence-corrected chi connectivity index (χ4v) is 6.81. The maximum atomic E-state index is 10.1. The second kappa shape index (κ2) is 75.5. The molecule has 0 aromatic carbocycles. The number of halogens is 4. The average Bonchev–Trinajstić information content (AvgIpc) is 1.26. The van der Waals surface area contributed by atoms with Gasteiger partial charge in [-0.25, -0.2) is 16.8 Å². The van der Waals surface area contributed by atoms with E-state index in [2.05, 4.69) is 167 Å². The van der Waals surface area contributed by atoms with Gasteiger partial charge in [0.15, 0.2) is 0 Å². The summed E-state index contributed by atoms with van der Waals surface area (Å²) >= 11 is 0. The Morgan fingerprint density at radius 2 is 0.250 bits per heavy atom. The van der Waals surface area contributed by atoms with Crippen molar-refractivity contribution in [3.8, 4) is 0 Å². The molecule has 624 valence electrons. The third-order valence-electron chi connectivity index (χ3n) is 18.9. The summed E-state index contributed by atoms with van der Waals surface area (Å²) in [7, 11) is 9.62. The average molecular weight is 1560 g/mol. The van der Waals surface area contributed by atoms with Crippen LogP contribution in [-0.2, 0) is 56.2 Å². The van der Waals surface area contributed by atoms with Crippen LogP contribution in [0.5, 0.6) is 0 Å². The van der Waals surface area contributed by atoms with Gasteiger partial charge in [-0.1, -0.05) is 0 Å². The van der Waals surface area contributed by atoms with Gasteiger partial charge in [-0.3, -0.25) is 0 Å². The molecule has 0 aromatic heterocycles. The summed E-state index contributed by atoms with van der Waals surface area (Å²) in [5, 5.41) is 0. The minimum absolute atomic E-state index is 0.873. The third kappa shape index (κ3) is 119. The molecule has 0 aliphatic heterocycles. The molecule has 100 heavy (non-hydrogen) atoms. The number of hydrogen-bond donors (Lipinski definition) is 0. The molecule has 0 rings (SSSR count).